The van der Waals surface area contributed by atoms with E-state index in [-0.39, 0.29) is 6.04 Å². The zero-order chi connectivity index (χ0) is 13.7. The van der Waals surface area contributed by atoms with Gasteiger partial charge in [0.25, 0.3) is 0 Å². The molecular weight excluding hydrogens is 240 g/mol. The molecule has 1 heterocycles. The fraction of sp³-hybridized carbons (Fsp3) is 0.429. The Bertz CT molecular complexity index is 506. The summed E-state index contributed by atoms with van der Waals surface area (Å²) in [5.74, 6) is 0.871. The molecule has 1 atom stereocenters. The van der Waals surface area contributed by atoms with Crippen molar-refractivity contribution in [3.8, 4) is 5.75 Å². The summed E-state index contributed by atoms with van der Waals surface area (Å²) in [5.41, 5.74) is 7.95. The average Bonchev–Trinajstić information content (AvgIpc) is 2.89. The van der Waals surface area contributed by atoms with Crippen molar-refractivity contribution in [1.29, 1.82) is 0 Å². The summed E-state index contributed by atoms with van der Waals surface area (Å²) in [4.78, 5) is 0. The van der Waals surface area contributed by atoms with Gasteiger partial charge in [-0.1, -0.05) is 29.8 Å². The van der Waals surface area contributed by atoms with Crippen LogP contribution in [-0.4, -0.2) is 21.6 Å². The van der Waals surface area contributed by atoms with E-state index in [0.29, 0.717) is 13.2 Å². The first-order valence-electron chi connectivity index (χ1n) is 6.54. The molecule has 0 saturated carbocycles. The molecule has 2 aromatic rings. The van der Waals surface area contributed by atoms with Crippen LogP contribution in [0, 0.1) is 6.92 Å². The molecule has 0 bridgehead atoms. The van der Waals surface area contributed by atoms with Crippen molar-refractivity contribution in [1.82, 2.24) is 15.0 Å². The molecule has 0 aliphatic carbocycles. The number of hydrogen-bond acceptors (Lipinski definition) is 4. The van der Waals surface area contributed by atoms with Crippen LogP contribution in [0.25, 0.3) is 0 Å². The quantitative estimate of drug-likeness (QED) is 0.863. The van der Waals surface area contributed by atoms with Gasteiger partial charge in [-0.05, 0) is 25.5 Å². The first-order valence-corrected chi connectivity index (χ1v) is 6.54. The normalized spacial score (nSPS) is 12.4. The fourth-order valence-electron chi connectivity index (χ4n) is 1.69. The van der Waals surface area contributed by atoms with Crippen molar-refractivity contribution in [3.63, 3.8) is 0 Å². The van der Waals surface area contributed by atoms with E-state index >= 15 is 0 Å². The van der Waals surface area contributed by atoms with Gasteiger partial charge in [0, 0.05) is 0 Å². The van der Waals surface area contributed by atoms with Gasteiger partial charge in [0.2, 0.25) is 0 Å². The number of aromatic nitrogens is 3. The Hall–Kier alpha value is -1.88. The molecule has 0 aliphatic rings. The average molecular weight is 260 g/mol. The number of ether oxygens (including phenoxy) is 1. The zero-order valence-electron chi connectivity index (χ0n) is 11.4. The first kappa shape index (κ1) is 13.5. The van der Waals surface area contributed by atoms with Gasteiger partial charge in [-0.25, -0.2) is 4.68 Å². The second-order valence-electron chi connectivity index (χ2n) is 4.58. The molecule has 1 aromatic carbocycles. The molecule has 2 rings (SSSR count). The van der Waals surface area contributed by atoms with E-state index in [0.717, 1.165) is 17.9 Å². The van der Waals surface area contributed by atoms with Crippen molar-refractivity contribution in [2.45, 2.75) is 32.9 Å². The Balaban J connectivity index is 1.82. The van der Waals surface area contributed by atoms with Crippen molar-refractivity contribution in [2.75, 3.05) is 6.61 Å². The molecule has 0 aliphatic heterocycles. The summed E-state index contributed by atoms with van der Waals surface area (Å²) in [6.07, 6.45) is 2.74. The largest absolute Gasteiger partial charge is 0.492 e. The molecule has 102 valence electrons. The van der Waals surface area contributed by atoms with Crippen LogP contribution in [0.15, 0.2) is 30.5 Å². The monoisotopic (exact) mass is 260 g/mol. The second kappa shape index (κ2) is 6.33. The van der Waals surface area contributed by atoms with E-state index in [4.69, 9.17) is 10.5 Å². The van der Waals surface area contributed by atoms with Gasteiger partial charge >= 0.3 is 0 Å². The maximum atomic E-state index is 5.89. The lowest BCUT2D eigenvalue weighted by atomic mass is 10.2. The van der Waals surface area contributed by atoms with Crippen LogP contribution in [0.5, 0.6) is 5.75 Å². The molecule has 0 fully saturated rings. The number of aryl methyl sites for hydroxylation is 1. The zero-order valence-corrected chi connectivity index (χ0v) is 11.4. The van der Waals surface area contributed by atoms with Crippen molar-refractivity contribution in [2.24, 2.45) is 5.73 Å². The molecule has 1 unspecified atom stereocenters. The summed E-state index contributed by atoms with van der Waals surface area (Å²) >= 11 is 0. The van der Waals surface area contributed by atoms with Gasteiger partial charge in [-0.15, -0.1) is 5.10 Å². The topological polar surface area (TPSA) is 66.0 Å². The van der Waals surface area contributed by atoms with Crippen LogP contribution in [0.2, 0.25) is 0 Å². The van der Waals surface area contributed by atoms with Gasteiger partial charge < -0.3 is 10.5 Å². The summed E-state index contributed by atoms with van der Waals surface area (Å²) in [5, 5.41) is 8.09. The SMILES string of the molecule is CCC(N)c1cn(CCOc2ccc(C)cc2)nn1. The van der Waals surface area contributed by atoms with E-state index in [2.05, 4.69) is 17.2 Å². The lowest BCUT2D eigenvalue weighted by Crippen LogP contribution is -2.10. The van der Waals surface area contributed by atoms with E-state index in [1.165, 1.54) is 5.56 Å². The Kier molecular flexibility index (Phi) is 4.52. The molecule has 0 amide bonds. The predicted molar refractivity (Wildman–Crippen MR) is 73.9 cm³/mol. The van der Waals surface area contributed by atoms with Gasteiger partial charge in [0.1, 0.15) is 12.4 Å². The number of nitrogens with zero attached hydrogens (tertiary/aromatic N) is 3. The minimum Gasteiger partial charge on any atom is -0.492 e. The number of nitrogens with two attached hydrogens (primary N) is 1. The third-order valence-electron chi connectivity index (χ3n) is 2.99. The van der Waals surface area contributed by atoms with Crippen molar-refractivity contribution < 1.29 is 4.74 Å². The molecule has 5 nitrogen and oxygen atoms in total. The van der Waals surface area contributed by atoms with Gasteiger partial charge in [0.05, 0.1) is 24.5 Å². The lowest BCUT2D eigenvalue weighted by molar-refractivity contribution is 0.289. The Morgan fingerprint density at radius 1 is 1.32 bits per heavy atom. The van der Waals surface area contributed by atoms with E-state index in [9.17, 15) is 0 Å². The first-order chi connectivity index (χ1) is 9.19. The molecule has 2 N–H and O–H groups in total. The number of rotatable bonds is 6. The summed E-state index contributed by atoms with van der Waals surface area (Å²) < 4.78 is 7.40. The Labute approximate surface area is 113 Å². The maximum absolute atomic E-state index is 5.89. The minimum atomic E-state index is -0.0354. The van der Waals surface area contributed by atoms with E-state index < -0.39 is 0 Å². The Morgan fingerprint density at radius 2 is 2.05 bits per heavy atom. The smallest absolute Gasteiger partial charge is 0.119 e. The number of benzene rings is 1. The highest BCUT2D eigenvalue weighted by atomic mass is 16.5. The molecule has 0 spiro atoms. The minimum absolute atomic E-state index is 0.0354. The van der Waals surface area contributed by atoms with Crippen molar-refractivity contribution >= 4 is 0 Å². The third kappa shape index (κ3) is 3.79. The van der Waals surface area contributed by atoms with Crippen LogP contribution < -0.4 is 10.5 Å². The highest BCUT2D eigenvalue weighted by Crippen LogP contribution is 2.12. The van der Waals surface area contributed by atoms with Crippen LogP contribution >= 0.6 is 0 Å². The molecule has 19 heavy (non-hydrogen) atoms. The van der Waals surface area contributed by atoms with Crippen LogP contribution in [0.3, 0.4) is 0 Å². The van der Waals surface area contributed by atoms with Crippen LogP contribution in [0.4, 0.5) is 0 Å². The summed E-state index contributed by atoms with van der Waals surface area (Å²) in [6, 6.07) is 7.96. The van der Waals surface area contributed by atoms with Crippen molar-refractivity contribution in [3.05, 3.63) is 41.7 Å². The van der Waals surface area contributed by atoms with Crippen LogP contribution in [-0.2, 0) is 6.54 Å². The molecular formula is C14H20N4O. The van der Waals surface area contributed by atoms with Gasteiger partial charge in [-0.3, -0.25) is 0 Å². The second-order valence-corrected chi connectivity index (χ2v) is 4.58. The fourth-order valence-corrected chi connectivity index (χ4v) is 1.69. The van der Waals surface area contributed by atoms with Gasteiger partial charge in [-0.2, -0.15) is 0 Å². The Morgan fingerprint density at radius 3 is 2.74 bits per heavy atom. The maximum Gasteiger partial charge on any atom is 0.119 e. The standard InChI is InChI=1S/C14H20N4O/c1-3-13(15)14-10-18(17-16-14)8-9-19-12-6-4-11(2)5-7-12/h4-7,10,13H,3,8-9,15H2,1-2H3. The van der Waals surface area contributed by atoms with Crippen LogP contribution in [0.1, 0.15) is 30.6 Å². The van der Waals surface area contributed by atoms with E-state index in [1.807, 2.05) is 37.4 Å². The molecule has 0 saturated heterocycles. The molecule has 0 radical (unpaired) electrons. The van der Waals surface area contributed by atoms with Gasteiger partial charge in [0.15, 0.2) is 0 Å². The highest BCUT2D eigenvalue weighted by molar-refractivity contribution is 5.26. The molecule has 1 aromatic heterocycles. The lowest BCUT2D eigenvalue weighted by Gasteiger charge is -2.06. The predicted octanol–water partition coefficient (Wildman–Crippen LogP) is 2.08. The summed E-state index contributed by atoms with van der Waals surface area (Å²) in [7, 11) is 0. The summed E-state index contributed by atoms with van der Waals surface area (Å²) in [6.45, 7) is 5.31. The molecule has 5 heteroatoms. The highest BCUT2D eigenvalue weighted by Gasteiger charge is 2.07. The number of hydrogen-bond donors (Lipinski definition) is 1. The third-order valence-corrected chi connectivity index (χ3v) is 2.99. The van der Waals surface area contributed by atoms with E-state index in [1.54, 1.807) is 4.68 Å².